The summed E-state index contributed by atoms with van der Waals surface area (Å²) in [5.41, 5.74) is 4.08. The van der Waals surface area contributed by atoms with Crippen molar-refractivity contribution in [1.82, 2.24) is 24.5 Å². The van der Waals surface area contributed by atoms with E-state index in [4.69, 9.17) is 0 Å². The number of fused-ring (bicyclic) bond motifs is 1. The van der Waals surface area contributed by atoms with Gasteiger partial charge in [-0.1, -0.05) is 42.0 Å². The number of hydrogen-bond acceptors (Lipinski definition) is 6. The summed E-state index contributed by atoms with van der Waals surface area (Å²) in [6.45, 7) is 4.40. The molecule has 2 atom stereocenters. The number of aliphatic hydroxyl groups is 1. The molecular weight excluding hydrogens is 444 g/mol. The largest absolute Gasteiger partial charge is 0.392 e. The quantitative estimate of drug-likeness (QED) is 0.396. The third-order valence-electron chi connectivity index (χ3n) is 6.33. The van der Waals surface area contributed by atoms with Crippen molar-refractivity contribution in [2.24, 2.45) is 0 Å². The lowest BCUT2D eigenvalue weighted by Gasteiger charge is -2.11. The van der Waals surface area contributed by atoms with E-state index in [-0.39, 0.29) is 30.2 Å². The van der Waals surface area contributed by atoms with Crippen LogP contribution in [0.2, 0.25) is 0 Å². The van der Waals surface area contributed by atoms with Crippen LogP contribution in [-0.2, 0) is 17.8 Å². The van der Waals surface area contributed by atoms with Gasteiger partial charge in [-0.3, -0.25) is 9.59 Å². The Morgan fingerprint density at radius 2 is 1.89 bits per heavy atom. The smallest absolute Gasteiger partial charge is 0.275 e. The summed E-state index contributed by atoms with van der Waals surface area (Å²) < 4.78 is 2.92. The van der Waals surface area contributed by atoms with E-state index in [2.05, 4.69) is 20.7 Å². The van der Waals surface area contributed by atoms with E-state index in [9.17, 15) is 14.7 Å². The molecular formula is C26H28N6O3. The van der Waals surface area contributed by atoms with Gasteiger partial charge in [0.25, 0.3) is 5.56 Å². The van der Waals surface area contributed by atoms with Crippen LogP contribution in [0.3, 0.4) is 0 Å². The van der Waals surface area contributed by atoms with Crippen molar-refractivity contribution in [2.75, 3.05) is 11.9 Å². The number of aromatic nitrogens is 4. The molecule has 5 rings (SSSR count). The van der Waals surface area contributed by atoms with Gasteiger partial charge in [-0.15, -0.1) is 5.10 Å². The zero-order valence-corrected chi connectivity index (χ0v) is 19.7. The monoisotopic (exact) mass is 472 g/mol. The number of hydrogen-bond donors (Lipinski definition) is 3. The first-order chi connectivity index (χ1) is 16.9. The lowest BCUT2D eigenvalue weighted by Crippen LogP contribution is -2.25. The van der Waals surface area contributed by atoms with Crippen molar-refractivity contribution in [1.29, 1.82) is 0 Å². The van der Waals surface area contributed by atoms with Crippen molar-refractivity contribution < 1.29 is 9.90 Å². The van der Waals surface area contributed by atoms with Gasteiger partial charge in [0.2, 0.25) is 11.7 Å². The maximum absolute atomic E-state index is 12.7. The van der Waals surface area contributed by atoms with Crippen LogP contribution >= 0.6 is 0 Å². The first-order valence-corrected chi connectivity index (χ1v) is 11.7. The van der Waals surface area contributed by atoms with E-state index < -0.39 is 0 Å². The van der Waals surface area contributed by atoms with E-state index in [1.807, 2.05) is 55.5 Å². The Hall–Kier alpha value is -3.82. The molecule has 0 bridgehead atoms. The Bertz CT molecular complexity index is 1420. The zero-order chi connectivity index (χ0) is 24.5. The molecule has 3 N–H and O–H groups in total. The molecule has 3 heterocycles. The first-order valence-electron chi connectivity index (χ1n) is 11.7. The van der Waals surface area contributed by atoms with E-state index in [0.29, 0.717) is 29.5 Å². The molecule has 180 valence electrons. The molecule has 4 aromatic rings. The SMILES string of the molecule is Cc1ccc(NC(=O)Cn2c(C)cc(=O)n3nc(-c4ccc(C[C@@H]5C[C@@H](O)CN5)cc4)nc23)cc1. The molecule has 1 amide bonds. The second-order valence-corrected chi connectivity index (χ2v) is 9.17. The highest BCUT2D eigenvalue weighted by Gasteiger charge is 2.22. The molecule has 0 saturated carbocycles. The summed E-state index contributed by atoms with van der Waals surface area (Å²) in [6.07, 6.45) is 1.30. The highest BCUT2D eigenvalue weighted by Crippen LogP contribution is 2.19. The fourth-order valence-electron chi connectivity index (χ4n) is 4.43. The summed E-state index contributed by atoms with van der Waals surface area (Å²) in [5, 5.41) is 20.3. The van der Waals surface area contributed by atoms with Crippen molar-refractivity contribution in [3.05, 3.63) is 81.8 Å². The molecule has 1 aliphatic heterocycles. The second-order valence-electron chi connectivity index (χ2n) is 9.17. The number of carbonyl (C=O) groups is 1. The Balaban J connectivity index is 1.38. The van der Waals surface area contributed by atoms with Crippen molar-refractivity contribution in [3.8, 4) is 11.4 Å². The Morgan fingerprint density at radius 3 is 2.57 bits per heavy atom. The molecule has 1 saturated heterocycles. The van der Waals surface area contributed by atoms with Crippen LogP contribution in [0.25, 0.3) is 17.2 Å². The topological polar surface area (TPSA) is 114 Å². The number of nitrogens with one attached hydrogen (secondary N) is 2. The van der Waals surface area contributed by atoms with Gasteiger partial charge >= 0.3 is 0 Å². The summed E-state index contributed by atoms with van der Waals surface area (Å²) in [7, 11) is 0. The second kappa shape index (κ2) is 9.44. The van der Waals surface area contributed by atoms with Crippen molar-refractivity contribution >= 4 is 17.4 Å². The maximum Gasteiger partial charge on any atom is 0.275 e. The zero-order valence-electron chi connectivity index (χ0n) is 19.7. The van der Waals surface area contributed by atoms with E-state index in [1.54, 1.807) is 11.5 Å². The van der Waals surface area contributed by atoms with Gasteiger partial charge in [0.05, 0.1) is 6.10 Å². The highest BCUT2D eigenvalue weighted by molar-refractivity contribution is 5.90. The van der Waals surface area contributed by atoms with E-state index >= 15 is 0 Å². The molecule has 2 aromatic heterocycles. The third kappa shape index (κ3) is 5.01. The number of carbonyl (C=O) groups excluding carboxylic acids is 1. The standard InChI is InChI=1S/C26H28N6O3/c1-16-3-9-20(10-4-16)28-23(34)15-31-17(2)11-24(35)32-26(31)29-25(30-32)19-7-5-18(6-8-19)12-21-13-22(33)14-27-21/h3-11,21-22,27,33H,12-15H2,1-2H3,(H,28,34)/t21-,22-/m1/s1. The summed E-state index contributed by atoms with van der Waals surface area (Å²) in [6, 6.07) is 17.2. The van der Waals surface area contributed by atoms with Crippen molar-refractivity contribution in [3.63, 3.8) is 0 Å². The molecule has 0 radical (unpaired) electrons. The molecule has 1 aliphatic rings. The molecule has 35 heavy (non-hydrogen) atoms. The van der Waals surface area contributed by atoms with Crippen LogP contribution in [0.4, 0.5) is 5.69 Å². The lowest BCUT2D eigenvalue weighted by molar-refractivity contribution is -0.116. The minimum atomic E-state index is -0.297. The minimum Gasteiger partial charge on any atom is -0.392 e. The number of aryl methyl sites for hydroxylation is 2. The molecule has 0 spiro atoms. The molecule has 9 nitrogen and oxygen atoms in total. The van der Waals surface area contributed by atoms with E-state index in [0.717, 1.165) is 29.5 Å². The number of anilines is 1. The van der Waals surface area contributed by atoms with E-state index in [1.165, 1.54) is 10.6 Å². The lowest BCUT2D eigenvalue weighted by atomic mass is 10.0. The number of benzene rings is 2. The van der Waals surface area contributed by atoms with Gasteiger partial charge in [-0.25, -0.2) is 0 Å². The fourth-order valence-corrected chi connectivity index (χ4v) is 4.43. The molecule has 1 fully saturated rings. The van der Waals surface area contributed by atoms with Crippen LogP contribution in [0.1, 0.15) is 23.2 Å². The third-order valence-corrected chi connectivity index (χ3v) is 6.33. The van der Waals surface area contributed by atoms with Gasteiger partial charge < -0.3 is 20.3 Å². The molecule has 0 aliphatic carbocycles. The average molecular weight is 473 g/mol. The van der Waals surface area contributed by atoms with Crippen LogP contribution in [0.5, 0.6) is 0 Å². The summed E-state index contributed by atoms with van der Waals surface area (Å²) in [5.74, 6) is 0.515. The van der Waals surface area contributed by atoms with Gasteiger partial charge in [-0.2, -0.15) is 9.50 Å². The van der Waals surface area contributed by atoms with Crippen molar-refractivity contribution in [2.45, 2.75) is 45.4 Å². The molecule has 0 unspecified atom stereocenters. The average Bonchev–Trinajstić information content (AvgIpc) is 3.45. The number of aliphatic hydroxyl groups excluding tert-OH is 1. The van der Waals surface area contributed by atoms with Gasteiger partial charge in [0, 0.05) is 35.6 Å². The van der Waals surface area contributed by atoms with Gasteiger partial charge in [0.15, 0.2) is 5.82 Å². The first kappa shape index (κ1) is 22.9. The van der Waals surface area contributed by atoms with Crippen LogP contribution in [0.15, 0.2) is 59.4 Å². The Labute approximate surface area is 202 Å². The normalized spacial score (nSPS) is 17.7. The predicted octanol–water partition coefficient (Wildman–Crippen LogP) is 2.08. The minimum absolute atomic E-state index is 0.000794. The molecule has 2 aromatic carbocycles. The Morgan fingerprint density at radius 1 is 1.14 bits per heavy atom. The number of nitrogens with zero attached hydrogens (tertiary/aromatic N) is 4. The van der Waals surface area contributed by atoms with Gasteiger partial charge in [-0.05, 0) is 44.4 Å². The highest BCUT2D eigenvalue weighted by atomic mass is 16.3. The summed E-state index contributed by atoms with van der Waals surface area (Å²) >= 11 is 0. The van der Waals surface area contributed by atoms with Crippen LogP contribution in [0, 0.1) is 13.8 Å². The number of rotatable bonds is 6. The fraction of sp³-hybridized carbons (Fsp3) is 0.308. The van der Waals surface area contributed by atoms with Crippen LogP contribution in [-0.4, -0.2) is 48.9 Å². The maximum atomic E-state index is 12.7. The van der Waals surface area contributed by atoms with Crippen LogP contribution < -0.4 is 16.2 Å². The number of amides is 1. The van der Waals surface area contributed by atoms with Gasteiger partial charge in [0.1, 0.15) is 6.54 Å². The molecule has 9 heteroatoms. The Kier molecular flexibility index (Phi) is 6.19. The predicted molar refractivity (Wildman–Crippen MR) is 133 cm³/mol. The summed E-state index contributed by atoms with van der Waals surface area (Å²) in [4.78, 5) is 29.9. The number of β-amino-alcohol motifs (C(OH)–C–C–N with tert-alkyl or cyclic N) is 1.